The second-order valence-electron chi connectivity index (χ2n) is 4.87. The molecule has 1 aliphatic rings. The molecule has 0 amide bonds. The molecule has 0 N–H and O–H groups in total. The largest absolute Gasteiger partial charge is 0.0625 e. The molecule has 0 heterocycles. The zero-order valence-corrected chi connectivity index (χ0v) is 8.84. The second-order valence-corrected chi connectivity index (χ2v) is 4.87. The predicted molar refractivity (Wildman–Crippen MR) is 54.8 cm³/mol. The molecule has 0 nitrogen and oxygen atoms in total. The molecule has 71 valence electrons. The molecule has 0 heteroatoms. The van der Waals surface area contributed by atoms with Crippen LogP contribution in [0.25, 0.3) is 0 Å². The van der Waals surface area contributed by atoms with Gasteiger partial charge in [0, 0.05) is 0 Å². The minimum atomic E-state index is 0.865. The first-order chi connectivity index (χ1) is 5.65. The van der Waals surface area contributed by atoms with Crippen molar-refractivity contribution >= 4 is 0 Å². The first kappa shape index (κ1) is 10.1. The van der Waals surface area contributed by atoms with Crippen molar-refractivity contribution in [3.63, 3.8) is 0 Å². The summed E-state index contributed by atoms with van der Waals surface area (Å²) in [4.78, 5) is 0. The lowest BCUT2D eigenvalue weighted by molar-refractivity contribution is 0.145. The first-order valence-electron chi connectivity index (χ1n) is 5.44. The normalized spacial score (nSPS) is 37.2. The Kier molecular flexibility index (Phi) is 3.61. The molecule has 1 rings (SSSR count). The predicted octanol–water partition coefficient (Wildman–Crippen LogP) is 3.92. The fourth-order valence-electron chi connectivity index (χ4n) is 2.73. The summed E-state index contributed by atoms with van der Waals surface area (Å²) in [5.74, 6) is 3.68. The molecule has 1 radical (unpaired) electrons. The summed E-state index contributed by atoms with van der Waals surface area (Å²) in [6.45, 7) is 11.2. The van der Waals surface area contributed by atoms with Gasteiger partial charge in [-0.1, -0.05) is 40.5 Å². The van der Waals surface area contributed by atoms with E-state index in [1.54, 1.807) is 0 Å². The third kappa shape index (κ3) is 2.24. The quantitative estimate of drug-likeness (QED) is 0.585. The maximum Gasteiger partial charge on any atom is -0.0362 e. The molecule has 0 aromatic rings. The molecular formula is C12H23. The number of hydrogen-bond acceptors (Lipinski definition) is 0. The molecule has 0 bridgehead atoms. The lowest BCUT2D eigenvalue weighted by atomic mass is 9.69. The van der Waals surface area contributed by atoms with Crippen molar-refractivity contribution in [1.29, 1.82) is 0 Å². The van der Waals surface area contributed by atoms with Gasteiger partial charge >= 0.3 is 0 Å². The minimum Gasteiger partial charge on any atom is -0.0625 e. The molecule has 0 aliphatic heterocycles. The van der Waals surface area contributed by atoms with Gasteiger partial charge in [0.25, 0.3) is 0 Å². The SMILES string of the molecule is [CH2]C[C@@H]1C[C@H](C)CC[C@H]1C(C)C. The maximum absolute atomic E-state index is 4.08. The van der Waals surface area contributed by atoms with E-state index in [2.05, 4.69) is 27.7 Å². The van der Waals surface area contributed by atoms with Crippen molar-refractivity contribution in [2.75, 3.05) is 0 Å². The van der Waals surface area contributed by atoms with E-state index in [0.717, 1.165) is 30.1 Å². The monoisotopic (exact) mass is 167 g/mol. The van der Waals surface area contributed by atoms with Crippen molar-refractivity contribution in [3.8, 4) is 0 Å². The van der Waals surface area contributed by atoms with Crippen LogP contribution in [0, 0.1) is 30.6 Å². The molecule has 3 atom stereocenters. The highest BCUT2D eigenvalue weighted by Crippen LogP contribution is 2.39. The van der Waals surface area contributed by atoms with Crippen LogP contribution in [0.5, 0.6) is 0 Å². The summed E-state index contributed by atoms with van der Waals surface area (Å²) in [5.41, 5.74) is 0. The molecule has 1 fully saturated rings. The third-order valence-electron chi connectivity index (χ3n) is 3.53. The van der Waals surface area contributed by atoms with Crippen molar-refractivity contribution in [2.45, 2.75) is 46.5 Å². The van der Waals surface area contributed by atoms with E-state index in [-0.39, 0.29) is 0 Å². The smallest absolute Gasteiger partial charge is 0.0362 e. The molecule has 12 heavy (non-hydrogen) atoms. The van der Waals surface area contributed by atoms with Crippen LogP contribution in [0.3, 0.4) is 0 Å². The fraction of sp³-hybridized carbons (Fsp3) is 0.917. The van der Waals surface area contributed by atoms with E-state index >= 15 is 0 Å². The van der Waals surface area contributed by atoms with Crippen molar-refractivity contribution < 1.29 is 0 Å². The van der Waals surface area contributed by atoms with Crippen molar-refractivity contribution in [1.82, 2.24) is 0 Å². The van der Waals surface area contributed by atoms with Crippen molar-refractivity contribution in [3.05, 3.63) is 6.92 Å². The van der Waals surface area contributed by atoms with Gasteiger partial charge in [0.2, 0.25) is 0 Å². The van der Waals surface area contributed by atoms with Gasteiger partial charge in [0.05, 0.1) is 0 Å². The van der Waals surface area contributed by atoms with Crippen LogP contribution in [-0.2, 0) is 0 Å². The van der Waals surface area contributed by atoms with Gasteiger partial charge in [-0.15, -0.1) is 0 Å². The highest BCUT2D eigenvalue weighted by Gasteiger charge is 2.28. The minimum absolute atomic E-state index is 0.865. The van der Waals surface area contributed by atoms with E-state index < -0.39 is 0 Å². The summed E-state index contributed by atoms with van der Waals surface area (Å²) >= 11 is 0. The van der Waals surface area contributed by atoms with Gasteiger partial charge in [-0.2, -0.15) is 0 Å². The number of hydrogen-bond donors (Lipinski definition) is 0. The van der Waals surface area contributed by atoms with Gasteiger partial charge in [-0.05, 0) is 36.5 Å². The molecule has 1 aliphatic carbocycles. The van der Waals surface area contributed by atoms with Gasteiger partial charge < -0.3 is 0 Å². The van der Waals surface area contributed by atoms with Crippen LogP contribution in [0.1, 0.15) is 46.5 Å². The second kappa shape index (κ2) is 4.30. The van der Waals surface area contributed by atoms with Crippen LogP contribution in [0.15, 0.2) is 0 Å². The van der Waals surface area contributed by atoms with E-state index in [4.69, 9.17) is 0 Å². The number of rotatable bonds is 2. The lowest BCUT2D eigenvalue weighted by Crippen LogP contribution is -2.27. The molecule has 0 aromatic carbocycles. The zero-order chi connectivity index (χ0) is 9.14. The van der Waals surface area contributed by atoms with Gasteiger partial charge in [-0.25, -0.2) is 0 Å². The maximum atomic E-state index is 4.08. The van der Waals surface area contributed by atoms with Crippen LogP contribution in [0.4, 0.5) is 0 Å². The summed E-state index contributed by atoms with van der Waals surface area (Å²) in [6, 6.07) is 0. The first-order valence-corrected chi connectivity index (χ1v) is 5.44. The Morgan fingerprint density at radius 2 is 2.00 bits per heavy atom. The van der Waals surface area contributed by atoms with Gasteiger partial charge in [-0.3, -0.25) is 0 Å². The summed E-state index contributed by atoms with van der Waals surface area (Å²) < 4.78 is 0. The Morgan fingerprint density at radius 1 is 1.33 bits per heavy atom. The zero-order valence-electron chi connectivity index (χ0n) is 8.84. The fourth-order valence-corrected chi connectivity index (χ4v) is 2.73. The Labute approximate surface area is 77.7 Å². The molecule has 0 saturated heterocycles. The Hall–Kier alpha value is 0. The molecule has 0 aromatic heterocycles. The lowest BCUT2D eigenvalue weighted by Gasteiger charge is -2.36. The van der Waals surface area contributed by atoms with Gasteiger partial charge in [0.15, 0.2) is 0 Å². The Bertz CT molecular complexity index is 126. The highest BCUT2D eigenvalue weighted by molar-refractivity contribution is 4.80. The van der Waals surface area contributed by atoms with Crippen LogP contribution in [-0.4, -0.2) is 0 Å². The molecule has 1 saturated carbocycles. The topological polar surface area (TPSA) is 0 Å². The average molecular weight is 167 g/mol. The van der Waals surface area contributed by atoms with Crippen LogP contribution >= 0.6 is 0 Å². The van der Waals surface area contributed by atoms with Crippen molar-refractivity contribution in [2.24, 2.45) is 23.7 Å². The third-order valence-corrected chi connectivity index (χ3v) is 3.53. The van der Waals surface area contributed by atoms with Crippen LogP contribution in [0.2, 0.25) is 0 Å². The molecule has 0 spiro atoms. The Morgan fingerprint density at radius 3 is 2.50 bits per heavy atom. The molecular weight excluding hydrogens is 144 g/mol. The Balaban J connectivity index is 2.50. The summed E-state index contributed by atoms with van der Waals surface area (Å²) in [5, 5.41) is 0. The highest BCUT2D eigenvalue weighted by atomic mass is 14.3. The average Bonchev–Trinajstić information content (AvgIpc) is 2.03. The van der Waals surface area contributed by atoms with E-state index in [1.165, 1.54) is 19.3 Å². The van der Waals surface area contributed by atoms with E-state index in [9.17, 15) is 0 Å². The van der Waals surface area contributed by atoms with Crippen LogP contribution < -0.4 is 0 Å². The molecule has 0 unspecified atom stereocenters. The van der Waals surface area contributed by atoms with E-state index in [0.29, 0.717) is 0 Å². The van der Waals surface area contributed by atoms with Gasteiger partial charge in [0.1, 0.15) is 0 Å². The summed E-state index contributed by atoms with van der Waals surface area (Å²) in [7, 11) is 0. The van der Waals surface area contributed by atoms with E-state index in [1.807, 2.05) is 0 Å². The standard InChI is InChI=1S/C12H23/c1-5-11-8-10(4)6-7-12(11)9(2)3/h9-12H,1,5-8H2,2-4H3/t10-,11-,12+/m1/s1. The summed E-state index contributed by atoms with van der Waals surface area (Å²) in [6.07, 6.45) is 5.46.